The summed E-state index contributed by atoms with van der Waals surface area (Å²) in [6.45, 7) is 32.2. The van der Waals surface area contributed by atoms with Crippen molar-refractivity contribution in [1.82, 2.24) is 0 Å². The lowest BCUT2D eigenvalue weighted by Gasteiger charge is -2.23. The van der Waals surface area contributed by atoms with Gasteiger partial charge in [-0.15, -0.1) is 0 Å². The minimum Gasteiger partial charge on any atom is -0.207 e. The molecule has 0 fully saturated rings. The molecule has 0 atom stereocenters. The Morgan fingerprint density at radius 3 is 0.921 bits per heavy atom. The van der Waals surface area contributed by atoms with Crippen molar-refractivity contribution in [2.45, 2.75) is 145 Å². The zero-order valence-electron chi connectivity index (χ0n) is 39.6. The quantitative estimate of drug-likeness (QED) is 0.107. The topological polar surface area (TPSA) is 0 Å². The summed E-state index contributed by atoms with van der Waals surface area (Å²) in [5, 5.41) is 3.00. The fourth-order valence-corrected chi connectivity index (χ4v) is 8.39. The van der Waals surface area contributed by atoms with Gasteiger partial charge in [0.15, 0.2) is 0 Å². The molecule has 0 nitrogen and oxygen atoms in total. The third-order valence-electron chi connectivity index (χ3n) is 9.29. The maximum absolute atomic E-state index is 13.5. The Morgan fingerprint density at radius 1 is 0.302 bits per heavy atom. The van der Waals surface area contributed by atoms with Crippen LogP contribution in [0.3, 0.4) is 0 Å². The van der Waals surface area contributed by atoms with Crippen LogP contribution in [-0.2, 0) is 27.1 Å². The van der Waals surface area contributed by atoms with Crippen LogP contribution >= 0.6 is 58.0 Å². The van der Waals surface area contributed by atoms with E-state index in [-0.39, 0.29) is 32.5 Å². The average molecular weight is 979 g/mol. The summed E-state index contributed by atoms with van der Waals surface area (Å²) in [5.74, 6) is -3.03. The van der Waals surface area contributed by atoms with Gasteiger partial charge < -0.3 is 0 Å². The smallest absolute Gasteiger partial charge is 0.148 e. The van der Waals surface area contributed by atoms with Gasteiger partial charge in [-0.25, -0.2) is 26.3 Å². The molecule has 0 saturated heterocycles. The minimum atomic E-state index is -0.658. The SMILES string of the molecule is CC(C)(C)c1c(Cl)cccc1Cl.CC(C)(C)c1c(F)ccc(Cl)c1F.CC(C)(C)c1c(F)cccc1F.Cc1ccc(Cl)c(C(C)(C)C)c1Cl.Cc1ccc(F)c(C(C)(C)C)c1F. The molecular weight excluding hydrogens is 916 g/mol. The lowest BCUT2D eigenvalue weighted by Crippen LogP contribution is -2.16. The summed E-state index contributed by atoms with van der Waals surface area (Å²) in [5.41, 5.74) is 2.48. The normalized spacial score (nSPS) is 11.8. The van der Waals surface area contributed by atoms with Crippen molar-refractivity contribution in [2.75, 3.05) is 0 Å². The highest BCUT2D eigenvalue weighted by Gasteiger charge is 2.26. The fourth-order valence-electron chi connectivity index (χ4n) is 6.33. The fraction of sp³-hybridized carbons (Fsp3) is 0.423. The van der Waals surface area contributed by atoms with E-state index in [1.165, 1.54) is 42.5 Å². The first kappa shape index (κ1) is 58.1. The highest BCUT2D eigenvalue weighted by atomic mass is 35.5. The summed E-state index contributed by atoms with van der Waals surface area (Å²) in [6.07, 6.45) is 0. The first-order chi connectivity index (χ1) is 28.4. The molecule has 0 saturated carbocycles. The molecule has 0 aliphatic heterocycles. The molecule has 5 aromatic rings. The van der Waals surface area contributed by atoms with Crippen molar-refractivity contribution in [3.63, 3.8) is 0 Å². The highest BCUT2D eigenvalue weighted by Crippen LogP contribution is 2.38. The van der Waals surface area contributed by atoms with E-state index in [4.69, 9.17) is 58.0 Å². The Kier molecular flexibility index (Phi) is 21.3. The van der Waals surface area contributed by atoms with E-state index >= 15 is 0 Å². The number of rotatable bonds is 0. The second kappa shape index (κ2) is 23.0. The van der Waals surface area contributed by atoms with Crippen LogP contribution in [0.1, 0.15) is 143 Å². The molecule has 0 bridgehead atoms. The Hall–Kier alpha value is -2.87. The molecule has 5 rings (SSSR count). The second-order valence-electron chi connectivity index (χ2n) is 20.3. The van der Waals surface area contributed by atoms with Crippen LogP contribution in [0, 0.1) is 48.8 Å². The van der Waals surface area contributed by atoms with Crippen LogP contribution in [0.2, 0.25) is 25.1 Å². The Morgan fingerprint density at radius 2 is 0.603 bits per heavy atom. The van der Waals surface area contributed by atoms with Crippen LogP contribution in [-0.4, -0.2) is 0 Å². The molecule has 0 aromatic heterocycles. The molecule has 5 aromatic carbocycles. The molecule has 0 amide bonds. The Bertz CT molecular complexity index is 2040. The van der Waals surface area contributed by atoms with Gasteiger partial charge in [0, 0.05) is 36.8 Å². The van der Waals surface area contributed by atoms with Crippen molar-refractivity contribution in [3.05, 3.63) is 172 Å². The van der Waals surface area contributed by atoms with Crippen molar-refractivity contribution in [3.8, 4) is 0 Å². The predicted octanol–water partition coefficient (Wildman–Crippen LogP) is 19.6. The van der Waals surface area contributed by atoms with E-state index in [9.17, 15) is 26.3 Å². The molecule has 0 aliphatic carbocycles. The molecule has 348 valence electrons. The lowest BCUT2D eigenvalue weighted by molar-refractivity contribution is 0.472. The second-order valence-corrected chi connectivity index (χ2v) is 22.3. The maximum atomic E-state index is 13.5. The van der Waals surface area contributed by atoms with Crippen molar-refractivity contribution >= 4 is 58.0 Å². The van der Waals surface area contributed by atoms with E-state index in [1.54, 1.807) is 69.2 Å². The largest absolute Gasteiger partial charge is 0.207 e. The standard InChI is InChI=1S/C11H14Cl2.C11H14F2.C10H12Cl2.C10H11ClF2.C10H12F2/c2*1-7-5-6-8(12)9(10(7)13)11(2,3)4;1-10(2,3)9-7(11)5-4-6-8(9)12;1-10(2,3)8-7(12)5-4-6(11)9(8)13;1-10(2,3)9-7(11)5-4-6-8(9)12/h2*5-6H,1-4H3;4-6H,1-3H3;4-5H,1-3H3;4-6H,1-3H3. The third-order valence-corrected chi connectivity index (χ3v) is 11.0. The minimum absolute atomic E-state index is 0.000185. The molecule has 0 unspecified atom stereocenters. The van der Waals surface area contributed by atoms with Gasteiger partial charge in [0.2, 0.25) is 0 Å². The van der Waals surface area contributed by atoms with Gasteiger partial charge in [0.25, 0.3) is 0 Å². The molecule has 0 aliphatic rings. The Labute approximate surface area is 398 Å². The van der Waals surface area contributed by atoms with Crippen LogP contribution in [0.25, 0.3) is 0 Å². The molecule has 0 heterocycles. The van der Waals surface area contributed by atoms with Gasteiger partial charge in [0.05, 0.1) is 5.02 Å². The van der Waals surface area contributed by atoms with Crippen molar-refractivity contribution in [1.29, 1.82) is 0 Å². The summed E-state index contributed by atoms with van der Waals surface area (Å²) >= 11 is 29.9. The van der Waals surface area contributed by atoms with E-state index in [1.807, 2.05) is 37.3 Å². The number of aryl methyl sites for hydroxylation is 2. The van der Waals surface area contributed by atoms with Gasteiger partial charge in [-0.05, 0) is 112 Å². The number of benzene rings is 5. The van der Waals surface area contributed by atoms with Crippen LogP contribution < -0.4 is 0 Å². The van der Waals surface area contributed by atoms with E-state index in [0.717, 1.165) is 36.8 Å². The molecule has 0 spiro atoms. The van der Waals surface area contributed by atoms with Crippen LogP contribution in [0.5, 0.6) is 0 Å². The maximum Gasteiger partial charge on any atom is 0.148 e. The predicted molar refractivity (Wildman–Crippen MR) is 260 cm³/mol. The molecule has 63 heavy (non-hydrogen) atoms. The number of halogens is 11. The first-order valence-electron chi connectivity index (χ1n) is 20.3. The van der Waals surface area contributed by atoms with Crippen molar-refractivity contribution < 1.29 is 26.3 Å². The van der Waals surface area contributed by atoms with Gasteiger partial charge in [0.1, 0.15) is 34.9 Å². The molecule has 0 N–H and O–H groups in total. The van der Waals surface area contributed by atoms with E-state index < -0.39 is 51.1 Å². The van der Waals surface area contributed by atoms with Gasteiger partial charge >= 0.3 is 0 Å². The van der Waals surface area contributed by atoms with Crippen molar-refractivity contribution in [2.24, 2.45) is 0 Å². The molecule has 0 radical (unpaired) electrons. The summed E-state index contributed by atoms with van der Waals surface area (Å²) in [7, 11) is 0. The Balaban J connectivity index is 0.000000394. The zero-order valence-corrected chi connectivity index (χ0v) is 43.4. The number of hydrogen-bond donors (Lipinski definition) is 0. The molecular formula is C52H63Cl5F6. The monoisotopic (exact) mass is 976 g/mol. The van der Waals surface area contributed by atoms with Gasteiger partial charge in [-0.2, -0.15) is 0 Å². The van der Waals surface area contributed by atoms with Crippen LogP contribution in [0.4, 0.5) is 26.3 Å². The number of hydrogen-bond acceptors (Lipinski definition) is 0. The third kappa shape index (κ3) is 17.1. The average Bonchev–Trinajstić information content (AvgIpc) is 3.08. The molecule has 11 heteroatoms. The van der Waals surface area contributed by atoms with Gasteiger partial charge in [-0.3, -0.25) is 0 Å². The van der Waals surface area contributed by atoms with Crippen LogP contribution in [0.15, 0.2) is 72.8 Å². The van der Waals surface area contributed by atoms with Gasteiger partial charge in [-0.1, -0.05) is 186 Å². The highest BCUT2D eigenvalue weighted by molar-refractivity contribution is 6.37. The zero-order chi connectivity index (χ0) is 49.4. The first-order valence-corrected chi connectivity index (χ1v) is 22.2. The van der Waals surface area contributed by atoms with E-state index in [2.05, 4.69) is 41.5 Å². The van der Waals surface area contributed by atoms with E-state index in [0.29, 0.717) is 5.56 Å². The summed E-state index contributed by atoms with van der Waals surface area (Å²) in [4.78, 5) is 0. The lowest BCUT2D eigenvalue weighted by atomic mass is 9.85. The summed E-state index contributed by atoms with van der Waals surface area (Å²) in [6, 6.07) is 18.6. The summed E-state index contributed by atoms with van der Waals surface area (Å²) < 4.78 is 79.6.